The number of nitrogens with zero attached hydrogens (tertiary/aromatic N) is 2. The van der Waals surface area contributed by atoms with Crippen LogP contribution in [-0.4, -0.2) is 29.5 Å². The topological polar surface area (TPSA) is 65.1 Å². The van der Waals surface area contributed by atoms with Crippen LogP contribution < -0.4 is 11.1 Å². The second-order valence-corrected chi connectivity index (χ2v) is 3.87. The van der Waals surface area contributed by atoms with E-state index >= 15 is 0 Å². The molecule has 0 atom stereocenters. The summed E-state index contributed by atoms with van der Waals surface area (Å²) in [4.78, 5) is 0. The van der Waals surface area contributed by atoms with Crippen molar-refractivity contribution >= 4 is 5.82 Å². The van der Waals surface area contributed by atoms with Crippen molar-refractivity contribution in [2.45, 2.75) is 19.1 Å². The van der Waals surface area contributed by atoms with Crippen LogP contribution in [-0.2, 0) is 17.8 Å². The first-order valence-corrected chi connectivity index (χ1v) is 5.00. The summed E-state index contributed by atoms with van der Waals surface area (Å²) in [5, 5.41) is 7.62. The molecule has 0 saturated carbocycles. The molecule has 0 amide bonds. The van der Waals surface area contributed by atoms with Crippen LogP contribution in [0.2, 0.25) is 0 Å². The first kappa shape index (κ1) is 8.26. The first-order chi connectivity index (χ1) is 6.86. The Balaban J connectivity index is 2.02. The van der Waals surface area contributed by atoms with Gasteiger partial charge >= 0.3 is 0 Å². The highest BCUT2D eigenvalue weighted by Gasteiger charge is 2.27. The van der Waals surface area contributed by atoms with Crippen LogP contribution in [0.25, 0.3) is 0 Å². The molecule has 3 rings (SSSR count). The molecular weight excluding hydrogens is 180 g/mol. The Morgan fingerprint density at radius 2 is 2.36 bits per heavy atom. The van der Waals surface area contributed by atoms with Gasteiger partial charge in [-0.15, -0.1) is 0 Å². The van der Waals surface area contributed by atoms with Gasteiger partial charge in [-0.05, 0) is 0 Å². The first-order valence-electron chi connectivity index (χ1n) is 5.00. The van der Waals surface area contributed by atoms with E-state index in [9.17, 15) is 0 Å². The fraction of sp³-hybridized carbons (Fsp3) is 0.667. The van der Waals surface area contributed by atoms with Crippen molar-refractivity contribution in [2.24, 2.45) is 0 Å². The molecule has 14 heavy (non-hydrogen) atoms. The molecule has 0 unspecified atom stereocenters. The van der Waals surface area contributed by atoms with Crippen LogP contribution in [0.4, 0.5) is 5.82 Å². The molecule has 1 aromatic heterocycles. The van der Waals surface area contributed by atoms with E-state index < -0.39 is 0 Å². The summed E-state index contributed by atoms with van der Waals surface area (Å²) in [7, 11) is 0. The Kier molecular flexibility index (Phi) is 1.75. The molecule has 76 valence electrons. The molecule has 0 spiro atoms. The minimum Gasteiger partial charge on any atom is -0.382 e. The van der Waals surface area contributed by atoms with Crippen molar-refractivity contribution in [3.8, 4) is 0 Å². The van der Waals surface area contributed by atoms with Gasteiger partial charge in [0.2, 0.25) is 0 Å². The summed E-state index contributed by atoms with van der Waals surface area (Å²) in [6.45, 7) is 3.42. The van der Waals surface area contributed by atoms with Gasteiger partial charge in [-0.1, -0.05) is 0 Å². The van der Waals surface area contributed by atoms with Gasteiger partial charge < -0.3 is 15.8 Å². The zero-order valence-corrected chi connectivity index (χ0v) is 7.99. The molecule has 0 aromatic carbocycles. The van der Waals surface area contributed by atoms with Crippen molar-refractivity contribution in [1.29, 1.82) is 0 Å². The number of nitrogens with one attached hydrogen (secondary N) is 1. The Morgan fingerprint density at radius 3 is 3.07 bits per heavy atom. The van der Waals surface area contributed by atoms with Crippen molar-refractivity contribution in [1.82, 2.24) is 15.1 Å². The SMILES string of the molecule is Nc1nn(C2CNC2)c2c1CCOC2. The smallest absolute Gasteiger partial charge is 0.149 e. The number of fused-ring (bicyclic) bond motifs is 1. The largest absolute Gasteiger partial charge is 0.382 e. The maximum Gasteiger partial charge on any atom is 0.149 e. The average Bonchev–Trinajstić information content (AvgIpc) is 2.43. The molecule has 5 heteroatoms. The summed E-state index contributed by atoms with van der Waals surface area (Å²) < 4.78 is 7.47. The zero-order valence-electron chi connectivity index (χ0n) is 7.99. The number of anilines is 1. The maximum atomic E-state index is 5.87. The van der Waals surface area contributed by atoms with Gasteiger partial charge in [0, 0.05) is 25.1 Å². The number of aromatic nitrogens is 2. The quantitative estimate of drug-likeness (QED) is 0.643. The highest BCUT2D eigenvalue weighted by Crippen LogP contribution is 2.26. The predicted octanol–water partition coefficient (Wildman–Crippen LogP) is -0.318. The highest BCUT2D eigenvalue weighted by molar-refractivity contribution is 5.43. The van der Waals surface area contributed by atoms with E-state index in [1.54, 1.807) is 0 Å². The Morgan fingerprint density at radius 1 is 1.50 bits per heavy atom. The number of ether oxygens (including phenoxy) is 1. The monoisotopic (exact) mass is 194 g/mol. The van der Waals surface area contributed by atoms with Gasteiger partial charge in [0.15, 0.2) is 0 Å². The van der Waals surface area contributed by atoms with Gasteiger partial charge in [0.1, 0.15) is 5.82 Å². The van der Waals surface area contributed by atoms with Crippen LogP contribution in [0.3, 0.4) is 0 Å². The third kappa shape index (κ3) is 1.06. The average molecular weight is 194 g/mol. The number of hydrogen-bond donors (Lipinski definition) is 2. The molecule has 2 aliphatic rings. The number of nitrogen functional groups attached to an aromatic ring is 1. The lowest BCUT2D eigenvalue weighted by molar-refractivity contribution is 0.101. The second kappa shape index (κ2) is 2.96. The molecule has 3 heterocycles. The maximum absolute atomic E-state index is 5.87. The van der Waals surface area contributed by atoms with Crippen LogP contribution in [0.1, 0.15) is 17.3 Å². The third-order valence-corrected chi connectivity index (χ3v) is 2.99. The lowest BCUT2D eigenvalue weighted by atomic mass is 10.1. The number of hydrogen-bond acceptors (Lipinski definition) is 4. The van der Waals surface area contributed by atoms with Crippen molar-refractivity contribution in [3.63, 3.8) is 0 Å². The Hall–Kier alpha value is -1.07. The van der Waals surface area contributed by atoms with Gasteiger partial charge in [0.25, 0.3) is 0 Å². The van der Waals surface area contributed by atoms with Gasteiger partial charge in [-0.3, -0.25) is 4.68 Å². The molecular formula is C9H14N4O. The molecule has 5 nitrogen and oxygen atoms in total. The van der Waals surface area contributed by atoms with Gasteiger partial charge in [-0.2, -0.15) is 5.10 Å². The number of rotatable bonds is 1. The third-order valence-electron chi connectivity index (χ3n) is 2.99. The lowest BCUT2D eigenvalue weighted by Crippen LogP contribution is -2.44. The van der Waals surface area contributed by atoms with Crippen molar-refractivity contribution < 1.29 is 4.74 Å². The number of nitrogens with two attached hydrogens (primary N) is 1. The Bertz CT molecular complexity index is 356. The van der Waals surface area contributed by atoms with E-state index in [-0.39, 0.29) is 0 Å². The summed E-state index contributed by atoms with van der Waals surface area (Å²) in [6, 6.07) is 0.475. The van der Waals surface area contributed by atoms with Crippen LogP contribution in [0, 0.1) is 0 Å². The molecule has 0 radical (unpaired) electrons. The standard InChI is InChI=1S/C9H14N4O/c10-9-7-1-2-14-5-8(7)13(12-9)6-3-11-4-6/h6,11H,1-5H2,(H2,10,12). The molecule has 1 saturated heterocycles. The normalized spacial score (nSPS) is 21.7. The minimum absolute atomic E-state index is 0.475. The van der Waals surface area contributed by atoms with E-state index in [4.69, 9.17) is 10.5 Å². The fourth-order valence-electron chi connectivity index (χ4n) is 2.04. The minimum atomic E-state index is 0.475. The lowest BCUT2D eigenvalue weighted by Gasteiger charge is -2.29. The fourth-order valence-corrected chi connectivity index (χ4v) is 2.04. The Labute approximate surface area is 82.2 Å². The summed E-state index contributed by atoms with van der Waals surface area (Å²) >= 11 is 0. The predicted molar refractivity (Wildman–Crippen MR) is 51.9 cm³/mol. The second-order valence-electron chi connectivity index (χ2n) is 3.87. The molecule has 2 aliphatic heterocycles. The van der Waals surface area contributed by atoms with E-state index in [2.05, 4.69) is 10.4 Å². The van der Waals surface area contributed by atoms with E-state index in [1.807, 2.05) is 4.68 Å². The molecule has 1 fully saturated rings. The van der Waals surface area contributed by atoms with Crippen molar-refractivity contribution in [2.75, 3.05) is 25.4 Å². The van der Waals surface area contributed by atoms with Crippen LogP contribution in [0.15, 0.2) is 0 Å². The molecule has 0 bridgehead atoms. The summed E-state index contributed by atoms with van der Waals surface area (Å²) in [5.41, 5.74) is 8.25. The van der Waals surface area contributed by atoms with E-state index in [1.165, 1.54) is 11.3 Å². The molecule has 3 N–H and O–H groups in total. The van der Waals surface area contributed by atoms with Gasteiger partial charge in [0.05, 0.1) is 24.9 Å². The highest BCUT2D eigenvalue weighted by atomic mass is 16.5. The summed E-state index contributed by atoms with van der Waals surface area (Å²) in [6.07, 6.45) is 0.904. The van der Waals surface area contributed by atoms with Crippen LogP contribution in [0.5, 0.6) is 0 Å². The van der Waals surface area contributed by atoms with Gasteiger partial charge in [-0.25, -0.2) is 0 Å². The van der Waals surface area contributed by atoms with Crippen molar-refractivity contribution in [3.05, 3.63) is 11.3 Å². The zero-order chi connectivity index (χ0) is 9.54. The molecule has 0 aliphatic carbocycles. The van der Waals surface area contributed by atoms with Crippen LogP contribution >= 0.6 is 0 Å². The van der Waals surface area contributed by atoms with E-state index in [0.29, 0.717) is 18.5 Å². The van der Waals surface area contributed by atoms with E-state index in [0.717, 1.165) is 26.1 Å². The molecule has 1 aromatic rings. The summed E-state index contributed by atoms with van der Waals surface area (Å²) in [5.74, 6) is 0.690.